The molecule has 0 spiro atoms. The Kier molecular flexibility index (Phi) is 4.47. The summed E-state index contributed by atoms with van der Waals surface area (Å²) in [6.07, 6.45) is 1.67. The molecule has 1 heterocycles. The first-order valence-electron chi connectivity index (χ1n) is 8.16. The van der Waals surface area contributed by atoms with E-state index < -0.39 is 0 Å². The van der Waals surface area contributed by atoms with Crippen LogP contribution in [0, 0.1) is 0 Å². The summed E-state index contributed by atoms with van der Waals surface area (Å²) >= 11 is 0. The van der Waals surface area contributed by atoms with Crippen LogP contribution in [0.5, 0.6) is 0 Å². The third kappa shape index (κ3) is 2.71. The van der Waals surface area contributed by atoms with E-state index in [1.165, 1.54) is 0 Å². The van der Waals surface area contributed by atoms with E-state index in [1.807, 2.05) is 66.9 Å². The van der Waals surface area contributed by atoms with Gasteiger partial charge in [0.15, 0.2) is 0 Å². The lowest BCUT2D eigenvalue weighted by Crippen LogP contribution is -2.34. The molecule has 0 aliphatic heterocycles. The van der Waals surface area contributed by atoms with Crippen LogP contribution < -0.4 is 5.43 Å². The molecule has 0 saturated carbocycles. The smallest absolute Gasteiger partial charge is 0.259 e. The second kappa shape index (κ2) is 6.71. The van der Waals surface area contributed by atoms with Crippen LogP contribution in [-0.2, 0) is 0 Å². The number of para-hydroxylation sites is 2. The Labute approximate surface area is 141 Å². The maximum absolute atomic E-state index is 12.8. The van der Waals surface area contributed by atoms with Gasteiger partial charge in [0.25, 0.3) is 5.91 Å². The van der Waals surface area contributed by atoms with E-state index >= 15 is 0 Å². The van der Waals surface area contributed by atoms with Crippen molar-refractivity contribution in [3.05, 3.63) is 76.6 Å². The first-order valence-corrected chi connectivity index (χ1v) is 8.16. The second-order valence-electron chi connectivity index (χ2n) is 5.57. The fourth-order valence-corrected chi connectivity index (χ4v) is 2.91. The van der Waals surface area contributed by atoms with E-state index in [9.17, 15) is 9.59 Å². The zero-order valence-corrected chi connectivity index (χ0v) is 13.9. The van der Waals surface area contributed by atoms with Gasteiger partial charge in [-0.3, -0.25) is 9.59 Å². The van der Waals surface area contributed by atoms with Gasteiger partial charge in [-0.25, -0.2) is 0 Å². The lowest BCUT2D eigenvalue weighted by Gasteiger charge is -2.20. The van der Waals surface area contributed by atoms with Crippen molar-refractivity contribution in [3.63, 3.8) is 0 Å². The van der Waals surface area contributed by atoms with Crippen molar-refractivity contribution >= 4 is 16.8 Å². The summed E-state index contributed by atoms with van der Waals surface area (Å²) in [7, 11) is 0. The Hall–Kier alpha value is -2.88. The number of amides is 1. The minimum absolute atomic E-state index is 0.209. The standard InChI is InChI=1S/C20H20N2O2/c1-3-21(4-2)20(24)17-14-22(15-10-6-5-7-11-15)18-13-9-8-12-16(18)19(17)23/h5-14H,3-4H2,1-2H3. The number of carbonyl (C=O) groups excluding carboxylic acids is 1. The molecule has 0 unspecified atom stereocenters. The van der Waals surface area contributed by atoms with Crippen molar-refractivity contribution in [2.45, 2.75) is 13.8 Å². The molecule has 0 bridgehead atoms. The number of hydrogen-bond acceptors (Lipinski definition) is 2. The fraction of sp³-hybridized carbons (Fsp3) is 0.200. The van der Waals surface area contributed by atoms with Crippen molar-refractivity contribution in [1.82, 2.24) is 9.47 Å². The number of benzene rings is 2. The predicted molar refractivity (Wildman–Crippen MR) is 96.8 cm³/mol. The molecule has 0 N–H and O–H groups in total. The van der Waals surface area contributed by atoms with Crippen LogP contribution in [0.15, 0.2) is 65.6 Å². The Morgan fingerprint density at radius 3 is 2.25 bits per heavy atom. The van der Waals surface area contributed by atoms with Crippen LogP contribution in [0.4, 0.5) is 0 Å². The van der Waals surface area contributed by atoms with Crippen LogP contribution in [0.25, 0.3) is 16.6 Å². The highest BCUT2D eigenvalue weighted by molar-refractivity contribution is 5.97. The molecule has 1 aromatic heterocycles. The van der Waals surface area contributed by atoms with E-state index in [1.54, 1.807) is 17.2 Å². The van der Waals surface area contributed by atoms with Crippen LogP contribution in [0.2, 0.25) is 0 Å². The average Bonchev–Trinajstić information content (AvgIpc) is 2.64. The van der Waals surface area contributed by atoms with Gasteiger partial charge < -0.3 is 9.47 Å². The number of hydrogen-bond donors (Lipinski definition) is 0. The Morgan fingerprint density at radius 1 is 0.958 bits per heavy atom. The van der Waals surface area contributed by atoms with Gasteiger partial charge in [0.05, 0.1) is 5.52 Å². The van der Waals surface area contributed by atoms with Crippen molar-refractivity contribution in [1.29, 1.82) is 0 Å². The van der Waals surface area contributed by atoms with Gasteiger partial charge in [-0.15, -0.1) is 0 Å². The number of carbonyl (C=O) groups is 1. The molecule has 2 aromatic carbocycles. The van der Waals surface area contributed by atoms with Crippen molar-refractivity contribution in [2.24, 2.45) is 0 Å². The number of rotatable bonds is 4. The molecule has 4 nitrogen and oxygen atoms in total. The topological polar surface area (TPSA) is 42.3 Å². The number of nitrogens with zero attached hydrogens (tertiary/aromatic N) is 2. The zero-order chi connectivity index (χ0) is 17.1. The zero-order valence-electron chi connectivity index (χ0n) is 13.9. The van der Waals surface area contributed by atoms with Crippen molar-refractivity contribution in [3.8, 4) is 5.69 Å². The quantitative estimate of drug-likeness (QED) is 0.738. The largest absolute Gasteiger partial charge is 0.339 e. The SMILES string of the molecule is CCN(CC)C(=O)c1cn(-c2ccccc2)c2ccccc2c1=O. The summed E-state index contributed by atoms with van der Waals surface area (Å²) in [4.78, 5) is 27.3. The number of pyridine rings is 1. The highest BCUT2D eigenvalue weighted by Gasteiger charge is 2.19. The molecule has 4 heteroatoms. The van der Waals surface area contributed by atoms with Crippen LogP contribution in [-0.4, -0.2) is 28.5 Å². The monoisotopic (exact) mass is 320 g/mol. The van der Waals surface area contributed by atoms with Gasteiger partial charge in [-0.2, -0.15) is 0 Å². The first kappa shape index (κ1) is 16.0. The fourth-order valence-electron chi connectivity index (χ4n) is 2.91. The molecule has 24 heavy (non-hydrogen) atoms. The summed E-state index contributed by atoms with van der Waals surface area (Å²) in [5, 5.41) is 0.555. The van der Waals surface area contributed by atoms with E-state index in [0.717, 1.165) is 11.2 Å². The summed E-state index contributed by atoms with van der Waals surface area (Å²) in [5.74, 6) is -0.222. The van der Waals surface area contributed by atoms with Gasteiger partial charge in [0.1, 0.15) is 5.56 Å². The summed E-state index contributed by atoms with van der Waals surface area (Å²) in [6.45, 7) is 4.98. The Bertz CT molecular complexity index is 925. The normalized spacial score (nSPS) is 10.8. The van der Waals surface area contributed by atoms with E-state index in [0.29, 0.717) is 18.5 Å². The van der Waals surface area contributed by atoms with Crippen LogP contribution in [0.1, 0.15) is 24.2 Å². The summed E-state index contributed by atoms with van der Waals surface area (Å²) in [6, 6.07) is 17.1. The van der Waals surface area contributed by atoms with Crippen LogP contribution in [0.3, 0.4) is 0 Å². The molecule has 0 atom stereocenters. The molecular formula is C20H20N2O2. The molecule has 0 aliphatic rings. The molecule has 3 aromatic rings. The summed E-state index contributed by atoms with van der Waals surface area (Å²) < 4.78 is 1.91. The van der Waals surface area contributed by atoms with Gasteiger partial charge in [-0.1, -0.05) is 30.3 Å². The molecule has 0 fully saturated rings. The minimum atomic E-state index is -0.222. The maximum Gasteiger partial charge on any atom is 0.259 e. The minimum Gasteiger partial charge on any atom is -0.339 e. The lowest BCUT2D eigenvalue weighted by molar-refractivity contribution is 0.0771. The predicted octanol–water partition coefficient (Wildman–Crippen LogP) is 3.47. The Balaban J connectivity index is 2.31. The first-order chi connectivity index (χ1) is 11.7. The number of fused-ring (bicyclic) bond motifs is 1. The average molecular weight is 320 g/mol. The van der Waals surface area contributed by atoms with E-state index in [4.69, 9.17) is 0 Å². The van der Waals surface area contributed by atoms with E-state index in [2.05, 4.69) is 0 Å². The second-order valence-corrected chi connectivity index (χ2v) is 5.57. The molecule has 1 amide bonds. The maximum atomic E-state index is 12.8. The van der Waals surface area contributed by atoms with Gasteiger partial charge in [0.2, 0.25) is 5.43 Å². The van der Waals surface area contributed by atoms with Crippen LogP contribution >= 0.6 is 0 Å². The highest BCUT2D eigenvalue weighted by Crippen LogP contribution is 2.18. The third-order valence-corrected chi connectivity index (χ3v) is 4.23. The number of aromatic nitrogens is 1. The molecule has 3 rings (SSSR count). The molecule has 122 valence electrons. The van der Waals surface area contributed by atoms with Gasteiger partial charge >= 0.3 is 0 Å². The molecule has 0 saturated heterocycles. The van der Waals surface area contributed by atoms with Gasteiger partial charge in [0, 0.05) is 30.4 Å². The van der Waals surface area contributed by atoms with Crippen molar-refractivity contribution < 1.29 is 4.79 Å². The summed E-state index contributed by atoms with van der Waals surface area (Å²) in [5.41, 5.74) is 1.71. The van der Waals surface area contributed by atoms with E-state index in [-0.39, 0.29) is 16.9 Å². The molecular weight excluding hydrogens is 300 g/mol. The van der Waals surface area contributed by atoms with Crippen molar-refractivity contribution in [2.75, 3.05) is 13.1 Å². The lowest BCUT2D eigenvalue weighted by atomic mass is 10.1. The molecule has 0 aliphatic carbocycles. The third-order valence-electron chi connectivity index (χ3n) is 4.23. The molecule has 0 radical (unpaired) electrons. The highest BCUT2D eigenvalue weighted by atomic mass is 16.2. The van der Waals surface area contributed by atoms with Gasteiger partial charge in [-0.05, 0) is 38.1 Å². The Morgan fingerprint density at radius 2 is 1.58 bits per heavy atom.